The molecule has 168 valence electrons. The lowest BCUT2D eigenvalue weighted by atomic mass is 9.94. The molecule has 0 spiro atoms. The van der Waals surface area contributed by atoms with Gasteiger partial charge in [0.2, 0.25) is 0 Å². The summed E-state index contributed by atoms with van der Waals surface area (Å²) >= 11 is 17.4. The van der Waals surface area contributed by atoms with E-state index in [2.05, 4.69) is 0 Å². The third-order valence-corrected chi connectivity index (χ3v) is 5.44. The number of halogens is 9. The zero-order valence-corrected chi connectivity index (χ0v) is 18.0. The number of allylic oxidation sites excluding steroid dienone is 1. The van der Waals surface area contributed by atoms with Crippen LogP contribution in [0.2, 0.25) is 15.1 Å². The van der Waals surface area contributed by atoms with Crippen molar-refractivity contribution in [2.24, 2.45) is 0 Å². The van der Waals surface area contributed by atoms with E-state index < -0.39 is 46.5 Å². The van der Waals surface area contributed by atoms with E-state index in [1.807, 2.05) is 0 Å². The number of carbonyl (C=O) groups is 1. The lowest BCUT2D eigenvalue weighted by molar-refractivity contribution is -0.140. The Balaban J connectivity index is 2.69. The van der Waals surface area contributed by atoms with Crippen LogP contribution >= 0.6 is 34.8 Å². The Bertz CT molecular complexity index is 1010. The van der Waals surface area contributed by atoms with E-state index in [0.29, 0.717) is 12.1 Å². The number of ether oxygens (including phenoxy) is 1. The molecule has 0 amide bonds. The summed E-state index contributed by atoms with van der Waals surface area (Å²) in [4.78, 5) is 11.5. The quantitative estimate of drug-likeness (QED) is 0.177. The van der Waals surface area contributed by atoms with E-state index in [1.165, 1.54) is 0 Å². The lowest BCUT2D eigenvalue weighted by Crippen LogP contribution is -2.20. The van der Waals surface area contributed by atoms with Crippen LogP contribution in [0.4, 0.5) is 26.3 Å². The van der Waals surface area contributed by atoms with Gasteiger partial charge in [-0.25, -0.2) is 0 Å². The van der Waals surface area contributed by atoms with Crippen LogP contribution in [-0.2, 0) is 10.9 Å². The number of methoxy groups -OCH3 is 1. The zero-order valence-electron chi connectivity index (χ0n) is 15.8. The molecule has 11 heteroatoms. The number of hydrogen-bond donors (Lipinski definition) is 0. The maximum Gasteiger partial charge on any atom is 0.417 e. The van der Waals surface area contributed by atoms with Crippen molar-refractivity contribution in [2.45, 2.75) is 25.2 Å². The van der Waals surface area contributed by atoms with Crippen LogP contribution in [0, 0.1) is 0 Å². The van der Waals surface area contributed by atoms with Crippen molar-refractivity contribution in [3.8, 4) is 0 Å². The molecule has 2 aromatic carbocycles. The molecule has 0 bridgehead atoms. The summed E-state index contributed by atoms with van der Waals surface area (Å²) in [6.07, 6.45) is -9.17. The van der Waals surface area contributed by atoms with Gasteiger partial charge in [-0.2, -0.15) is 26.3 Å². The van der Waals surface area contributed by atoms with Crippen molar-refractivity contribution in [1.29, 1.82) is 0 Å². The van der Waals surface area contributed by atoms with Crippen LogP contribution in [0.5, 0.6) is 0 Å². The van der Waals surface area contributed by atoms with Crippen LogP contribution < -0.4 is 0 Å². The first-order chi connectivity index (χ1) is 14.2. The largest absolute Gasteiger partial charge is 0.496 e. The number of carbonyl (C=O) groups excluding carboxylic acids is 1. The first kappa shape index (κ1) is 25.4. The van der Waals surface area contributed by atoms with Crippen molar-refractivity contribution in [1.82, 2.24) is 0 Å². The minimum absolute atomic E-state index is 0.140. The molecule has 0 radical (unpaired) electrons. The SMILES string of the molecule is CO/C(=C\C(c1cc(Cl)c(Cl)c(Cl)c1)C(F)(F)F)c1ccc(C(C)=O)c(C(F)(F)F)c1. The molecule has 1 atom stereocenters. The fourth-order valence-corrected chi connectivity index (χ4v) is 3.42. The first-order valence-electron chi connectivity index (χ1n) is 8.36. The summed E-state index contributed by atoms with van der Waals surface area (Å²) in [5, 5.41) is -0.592. The highest BCUT2D eigenvalue weighted by Crippen LogP contribution is 2.42. The van der Waals surface area contributed by atoms with Gasteiger partial charge in [-0.05, 0) is 36.8 Å². The number of alkyl halides is 6. The highest BCUT2D eigenvalue weighted by atomic mass is 35.5. The number of benzene rings is 2. The molecule has 0 aromatic heterocycles. The molecule has 0 heterocycles. The molecule has 2 aromatic rings. The molecule has 0 saturated heterocycles. The number of hydrogen-bond acceptors (Lipinski definition) is 2. The Morgan fingerprint density at radius 3 is 1.97 bits per heavy atom. The number of Topliss-reactive ketones (excluding diaryl/α,β-unsaturated/α-hetero) is 1. The maximum absolute atomic E-state index is 13.8. The van der Waals surface area contributed by atoms with Crippen LogP contribution in [0.25, 0.3) is 5.76 Å². The smallest absolute Gasteiger partial charge is 0.417 e. The second kappa shape index (κ2) is 9.30. The standard InChI is InChI=1S/C20H13Cl3F6O2/c1-9(30)12-4-3-10(5-14(12)20(27,28)29)17(31-2)8-13(19(24,25)26)11-6-15(21)18(23)16(22)7-11/h3-8,13H,1-2H3/b17-8-. The van der Waals surface area contributed by atoms with Gasteiger partial charge in [-0.3, -0.25) is 4.79 Å². The minimum atomic E-state index is -4.91. The normalized spacial score (nSPS) is 13.8. The summed E-state index contributed by atoms with van der Waals surface area (Å²) in [6, 6.07) is 4.42. The minimum Gasteiger partial charge on any atom is -0.496 e. The Hall–Kier alpha value is -1.90. The van der Waals surface area contributed by atoms with E-state index in [4.69, 9.17) is 39.5 Å². The van der Waals surface area contributed by atoms with Crippen molar-refractivity contribution in [3.05, 3.63) is 73.7 Å². The average Bonchev–Trinajstić information content (AvgIpc) is 2.64. The molecular weight excluding hydrogens is 493 g/mol. The van der Waals surface area contributed by atoms with Gasteiger partial charge in [-0.1, -0.05) is 46.9 Å². The van der Waals surface area contributed by atoms with Gasteiger partial charge in [0.15, 0.2) is 5.78 Å². The Morgan fingerprint density at radius 2 is 1.55 bits per heavy atom. The second-order valence-electron chi connectivity index (χ2n) is 6.37. The molecule has 0 aliphatic carbocycles. The number of ketones is 1. The Labute approximate surface area is 188 Å². The molecule has 31 heavy (non-hydrogen) atoms. The van der Waals surface area contributed by atoms with Gasteiger partial charge in [0, 0.05) is 11.1 Å². The highest BCUT2D eigenvalue weighted by Gasteiger charge is 2.41. The first-order valence-corrected chi connectivity index (χ1v) is 9.49. The van der Waals surface area contributed by atoms with Crippen LogP contribution in [0.1, 0.15) is 39.9 Å². The summed E-state index contributed by atoms with van der Waals surface area (Å²) in [5.41, 5.74) is -2.60. The van der Waals surface area contributed by atoms with Crippen molar-refractivity contribution in [2.75, 3.05) is 7.11 Å². The molecule has 2 rings (SSSR count). The van der Waals surface area contributed by atoms with E-state index in [0.717, 1.165) is 38.3 Å². The predicted octanol–water partition coefficient (Wildman–Crippen LogP) is 8.20. The summed E-state index contributed by atoms with van der Waals surface area (Å²) in [5.74, 6) is -3.66. The van der Waals surface area contributed by atoms with Gasteiger partial charge in [0.25, 0.3) is 0 Å². The molecule has 1 unspecified atom stereocenters. The zero-order chi connectivity index (χ0) is 23.7. The third kappa shape index (κ3) is 5.87. The second-order valence-corrected chi connectivity index (χ2v) is 7.56. The van der Waals surface area contributed by atoms with Crippen LogP contribution in [-0.4, -0.2) is 19.1 Å². The summed E-state index contributed by atoms with van der Waals surface area (Å²) in [7, 11) is 1.01. The molecular formula is C20H13Cl3F6O2. The molecule has 2 nitrogen and oxygen atoms in total. The predicted molar refractivity (Wildman–Crippen MR) is 107 cm³/mol. The van der Waals surface area contributed by atoms with E-state index in [-0.39, 0.29) is 20.6 Å². The fraction of sp³-hybridized carbons (Fsp3) is 0.250. The molecule has 0 saturated carbocycles. The van der Waals surface area contributed by atoms with Gasteiger partial charge in [0.05, 0.1) is 27.7 Å². The maximum atomic E-state index is 13.8. The molecule has 0 aliphatic rings. The van der Waals surface area contributed by atoms with Crippen molar-refractivity contribution in [3.63, 3.8) is 0 Å². The van der Waals surface area contributed by atoms with Gasteiger partial charge in [0.1, 0.15) is 11.7 Å². The van der Waals surface area contributed by atoms with Crippen LogP contribution in [0.3, 0.4) is 0 Å². The van der Waals surface area contributed by atoms with E-state index in [9.17, 15) is 31.1 Å². The van der Waals surface area contributed by atoms with E-state index >= 15 is 0 Å². The lowest BCUT2D eigenvalue weighted by Gasteiger charge is -2.20. The summed E-state index contributed by atoms with van der Waals surface area (Å²) < 4.78 is 86.4. The topological polar surface area (TPSA) is 26.3 Å². The van der Waals surface area contributed by atoms with Gasteiger partial charge in [-0.15, -0.1) is 0 Å². The van der Waals surface area contributed by atoms with Crippen LogP contribution in [0.15, 0.2) is 36.4 Å². The Morgan fingerprint density at radius 1 is 1.00 bits per heavy atom. The third-order valence-electron chi connectivity index (χ3n) is 4.24. The fourth-order valence-electron chi connectivity index (χ4n) is 2.81. The molecule has 0 N–H and O–H groups in total. The van der Waals surface area contributed by atoms with Gasteiger partial charge < -0.3 is 4.74 Å². The highest BCUT2D eigenvalue weighted by molar-refractivity contribution is 6.48. The monoisotopic (exact) mass is 504 g/mol. The average molecular weight is 506 g/mol. The van der Waals surface area contributed by atoms with Gasteiger partial charge >= 0.3 is 12.4 Å². The summed E-state index contributed by atoms with van der Waals surface area (Å²) in [6.45, 7) is 0.949. The van der Waals surface area contributed by atoms with E-state index in [1.54, 1.807) is 0 Å². The molecule has 0 aliphatic heterocycles. The number of rotatable bonds is 5. The Kier molecular flexibility index (Phi) is 7.61. The van der Waals surface area contributed by atoms with Crippen molar-refractivity contribution < 1.29 is 35.9 Å². The molecule has 0 fully saturated rings. The van der Waals surface area contributed by atoms with Crippen molar-refractivity contribution >= 4 is 46.3 Å².